The molecule has 1 fully saturated rings. The number of hydrogen-bond acceptors (Lipinski definition) is 1. The van der Waals surface area contributed by atoms with E-state index in [1.165, 1.54) is 57.6 Å². The van der Waals surface area contributed by atoms with Crippen molar-refractivity contribution >= 4 is 11.6 Å². The lowest BCUT2D eigenvalue weighted by Gasteiger charge is -2.29. The monoisotopic (exact) mass is 374 g/mol. The van der Waals surface area contributed by atoms with Crippen LogP contribution in [0.3, 0.4) is 0 Å². The van der Waals surface area contributed by atoms with E-state index in [9.17, 15) is 4.39 Å². The molecular formula is C23H28ClFO. The van der Waals surface area contributed by atoms with Crippen LogP contribution in [0.25, 0.3) is 11.1 Å². The van der Waals surface area contributed by atoms with Gasteiger partial charge in [0.15, 0.2) is 5.82 Å². The summed E-state index contributed by atoms with van der Waals surface area (Å²) in [5, 5.41) is 0.0412. The second kappa shape index (κ2) is 8.90. The topological polar surface area (TPSA) is 9.23 Å². The van der Waals surface area contributed by atoms with E-state index in [4.69, 9.17) is 16.3 Å². The number of ether oxygens (including phenoxy) is 1. The Morgan fingerprint density at radius 3 is 2.35 bits per heavy atom. The lowest BCUT2D eigenvalue weighted by Crippen LogP contribution is -2.13. The summed E-state index contributed by atoms with van der Waals surface area (Å²) < 4.78 is 19.6. The molecule has 0 saturated heterocycles. The van der Waals surface area contributed by atoms with Gasteiger partial charge in [-0.25, -0.2) is 4.39 Å². The molecule has 0 aliphatic heterocycles. The summed E-state index contributed by atoms with van der Waals surface area (Å²) in [4.78, 5) is 0. The Morgan fingerprint density at radius 1 is 1.04 bits per heavy atom. The van der Waals surface area contributed by atoms with Crippen molar-refractivity contribution < 1.29 is 9.13 Å². The third-order valence-corrected chi connectivity index (χ3v) is 6.12. The molecule has 0 unspecified atom stereocenters. The predicted octanol–water partition coefficient (Wildman–Crippen LogP) is 7.62. The molecule has 0 atom stereocenters. The van der Waals surface area contributed by atoms with Crippen LogP contribution in [0.4, 0.5) is 4.39 Å². The average molecular weight is 375 g/mol. The van der Waals surface area contributed by atoms with Crippen molar-refractivity contribution in [2.75, 3.05) is 7.11 Å². The van der Waals surface area contributed by atoms with E-state index < -0.39 is 5.82 Å². The summed E-state index contributed by atoms with van der Waals surface area (Å²) >= 11 is 6.05. The van der Waals surface area contributed by atoms with E-state index in [0.29, 0.717) is 17.2 Å². The fourth-order valence-electron chi connectivity index (χ4n) is 4.12. The van der Waals surface area contributed by atoms with Crippen LogP contribution in [0.1, 0.15) is 63.4 Å². The molecule has 0 N–H and O–H groups in total. The maximum atomic E-state index is 14.5. The van der Waals surface area contributed by atoms with Gasteiger partial charge >= 0.3 is 0 Å². The second-order valence-electron chi connectivity index (χ2n) is 7.43. The number of halogens is 2. The highest BCUT2D eigenvalue weighted by molar-refractivity contribution is 6.32. The summed E-state index contributed by atoms with van der Waals surface area (Å²) in [6, 6.07) is 11.8. The summed E-state index contributed by atoms with van der Waals surface area (Å²) in [5.41, 5.74) is 2.75. The van der Waals surface area contributed by atoms with Crippen molar-refractivity contribution in [1.82, 2.24) is 0 Å². The van der Waals surface area contributed by atoms with Gasteiger partial charge < -0.3 is 4.74 Å². The van der Waals surface area contributed by atoms with Crippen LogP contribution < -0.4 is 4.74 Å². The molecule has 26 heavy (non-hydrogen) atoms. The predicted molar refractivity (Wildman–Crippen MR) is 108 cm³/mol. The Morgan fingerprint density at radius 2 is 1.73 bits per heavy atom. The van der Waals surface area contributed by atoms with E-state index in [-0.39, 0.29) is 5.02 Å². The minimum atomic E-state index is -0.421. The van der Waals surface area contributed by atoms with Gasteiger partial charge in [0.1, 0.15) is 10.8 Å². The van der Waals surface area contributed by atoms with E-state index in [2.05, 4.69) is 19.1 Å². The second-order valence-corrected chi connectivity index (χ2v) is 7.80. The Hall–Kier alpha value is -1.54. The summed E-state index contributed by atoms with van der Waals surface area (Å²) in [6.45, 7) is 2.27. The van der Waals surface area contributed by atoms with Gasteiger partial charge in [-0.15, -0.1) is 0 Å². The Labute approximate surface area is 161 Å². The van der Waals surface area contributed by atoms with Crippen molar-refractivity contribution in [3.63, 3.8) is 0 Å². The third-order valence-electron chi connectivity index (χ3n) is 5.77. The zero-order valence-corrected chi connectivity index (χ0v) is 16.5. The number of methoxy groups -OCH3 is 1. The molecule has 0 aromatic heterocycles. The van der Waals surface area contributed by atoms with Gasteiger partial charge in [-0.2, -0.15) is 0 Å². The van der Waals surface area contributed by atoms with E-state index >= 15 is 0 Å². The van der Waals surface area contributed by atoms with Crippen LogP contribution >= 0.6 is 11.6 Å². The molecule has 1 aliphatic carbocycles. The molecule has 0 heterocycles. The molecule has 3 rings (SSSR count). The first kappa shape index (κ1) is 19.2. The molecule has 1 saturated carbocycles. The molecule has 0 amide bonds. The van der Waals surface area contributed by atoms with Gasteiger partial charge in [-0.1, -0.05) is 62.1 Å². The zero-order chi connectivity index (χ0) is 18.5. The van der Waals surface area contributed by atoms with Gasteiger partial charge in [0.25, 0.3) is 0 Å². The lowest BCUT2D eigenvalue weighted by atomic mass is 9.77. The van der Waals surface area contributed by atoms with Crippen molar-refractivity contribution in [3.8, 4) is 16.9 Å². The van der Waals surface area contributed by atoms with Gasteiger partial charge in [-0.3, -0.25) is 0 Å². The van der Waals surface area contributed by atoms with Crippen LogP contribution in [0, 0.1) is 11.7 Å². The maximum Gasteiger partial charge on any atom is 0.153 e. The fourth-order valence-corrected chi connectivity index (χ4v) is 4.37. The normalized spacial score (nSPS) is 20.2. The average Bonchev–Trinajstić information content (AvgIpc) is 2.69. The molecule has 0 spiro atoms. The number of hydrogen-bond donors (Lipinski definition) is 0. The van der Waals surface area contributed by atoms with Crippen LogP contribution in [-0.4, -0.2) is 7.11 Å². The molecule has 3 heteroatoms. The van der Waals surface area contributed by atoms with E-state index in [1.807, 2.05) is 12.1 Å². The molecule has 1 nitrogen and oxygen atoms in total. The Bertz CT molecular complexity index is 718. The molecule has 2 aromatic rings. The van der Waals surface area contributed by atoms with Gasteiger partial charge in [-0.05, 0) is 60.8 Å². The molecule has 0 bridgehead atoms. The van der Waals surface area contributed by atoms with E-state index in [1.54, 1.807) is 12.1 Å². The van der Waals surface area contributed by atoms with Crippen molar-refractivity contribution in [1.29, 1.82) is 0 Å². The standard InChI is InChI=1S/C23H28ClFO/c1-3-4-5-16-6-8-17(9-7-16)18-10-12-19(13-11-18)20-14-15-21(26-2)22(24)23(20)25/h10-17H,3-9H2,1-2H3. The fraction of sp³-hybridized carbons (Fsp3) is 0.478. The largest absolute Gasteiger partial charge is 0.495 e. The van der Waals surface area contributed by atoms with Crippen molar-refractivity contribution in [2.24, 2.45) is 5.92 Å². The quantitative estimate of drug-likeness (QED) is 0.505. The highest BCUT2D eigenvalue weighted by Gasteiger charge is 2.22. The molecule has 1 aliphatic rings. The minimum absolute atomic E-state index is 0.0412. The third kappa shape index (κ3) is 4.23. The highest BCUT2D eigenvalue weighted by Crippen LogP contribution is 2.39. The first-order valence-electron chi connectivity index (χ1n) is 9.76. The van der Waals surface area contributed by atoms with Crippen LogP contribution in [0.5, 0.6) is 5.75 Å². The summed E-state index contributed by atoms with van der Waals surface area (Å²) in [6.07, 6.45) is 9.28. The van der Waals surface area contributed by atoms with Crippen LogP contribution in [0.2, 0.25) is 5.02 Å². The number of rotatable bonds is 6. The number of unbranched alkanes of at least 4 members (excludes halogenated alkanes) is 1. The Kier molecular flexibility index (Phi) is 6.58. The Balaban J connectivity index is 1.69. The van der Waals surface area contributed by atoms with Crippen LogP contribution in [0.15, 0.2) is 36.4 Å². The van der Waals surface area contributed by atoms with Gasteiger partial charge in [0.05, 0.1) is 7.11 Å². The maximum absolute atomic E-state index is 14.5. The van der Waals surface area contributed by atoms with Gasteiger partial charge in [0.2, 0.25) is 0 Å². The lowest BCUT2D eigenvalue weighted by molar-refractivity contribution is 0.304. The zero-order valence-electron chi connectivity index (χ0n) is 15.7. The first-order chi connectivity index (χ1) is 12.6. The van der Waals surface area contributed by atoms with Crippen molar-refractivity contribution in [2.45, 2.75) is 57.8 Å². The van der Waals surface area contributed by atoms with Crippen LogP contribution in [-0.2, 0) is 0 Å². The molecule has 0 radical (unpaired) electrons. The summed E-state index contributed by atoms with van der Waals surface area (Å²) in [5.74, 6) is 1.51. The van der Waals surface area contributed by atoms with Gasteiger partial charge in [0, 0.05) is 5.56 Å². The molecule has 2 aromatic carbocycles. The smallest absolute Gasteiger partial charge is 0.153 e. The minimum Gasteiger partial charge on any atom is -0.495 e. The SMILES string of the molecule is CCCCC1CCC(c2ccc(-c3ccc(OC)c(Cl)c3F)cc2)CC1. The van der Waals surface area contributed by atoms with Crippen molar-refractivity contribution in [3.05, 3.63) is 52.8 Å². The summed E-state index contributed by atoms with van der Waals surface area (Å²) in [7, 11) is 1.49. The first-order valence-corrected chi connectivity index (χ1v) is 10.1. The molecular weight excluding hydrogens is 347 g/mol. The molecule has 140 valence electrons. The highest BCUT2D eigenvalue weighted by atomic mass is 35.5. The van der Waals surface area contributed by atoms with E-state index in [0.717, 1.165) is 11.5 Å². The number of benzene rings is 2.